The molecule has 0 aliphatic heterocycles. The highest BCUT2D eigenvalue weighted by molar-refractivity contribution is 6.05. The van der Waals surface area contributed by atoms with E-state index in [0.29, 0.717) is 5.92 Å². The van der Waals surface area contributed by atoms with Crippen LogP contribution in [0.5, 0.6) is 0 Å². The zero-order valence-electron chi connectivity index (χ0n) is 14.0. The van der Waals surface area contributed by atoms with E-state index in [2.05, 4.69) is 40.7 Å². The van der Waals surface area contributed by atoms with Crippen LogP contribution in [0.3, 0.4) is 0 Å². The molecule has 0 saturated carbocycles. The Morgan fingerprint density at radius 3 is 2.88 bits per heavy atom. The summed E-state index contributed by atoms with van der Waals surface area (Å²) in [6.07, 6.45) is 3.99. The second-order valence-electron chi connectivity index (χ2n) is 6.03. The minimum absolute atomic E-state index is 0.260. The van der Waals surface area contributed by atoms with Crippen LogP contribution in [-0.4, -0.2) is 16.2 Å². The molecule has 1 atom stereocenters. The number of hydrogen-bond acceptors (Lipinski definition) is 2. The number of nitrogens with zero attached hydrogens (tertiary/aromatic N) is 1. The lowest BCUT2D eigenvalue weighted by molar-refractivity contribution is 0.262. The van der Waals surface area contributed by atoms with Crippen LogP contribution >= 0.6 is 0 Å². The Labute approximate surface area is 141 Å². The number of carbonyl (C=O) groups excluding carboxylic acids is 1. The standard InChI is InChI=1S/C19H22N4O/c1-3-6-13(2)14-7-4-8-15(11-14)21-19(24)22-17-9-5-10-18-16(17)12-20-23-18/h4-5,7-13H,3,6H2,1-2H3,(H,20,23)(H2,21,22,24). The van der Waals surface area contributed by atoms with Gasteiger partial charge < -0.3 is 10.6 Å². The Kier molecular flexibility index (Phi) is 4.79. The van der Waals surface area contributed by atoms with Gasteiger partial charge in [-0.05, 0) is 42.2 Å². The van der Waals surface area contributed by atoms with E-state index in [9.17, 15) is 4.79 Å². The predicted octanol–water partition coefficient (Wildman–Crippen LogP) is 5.11. The molecule has 24 heavy (non-hydrogen) atoms. The number of hydrogen-bond donors (Lipinski definition) is 3. The predicted molar refractivity (Wildman–Crippen MR) is 98.5 cm³/mol. The first kappa shape index (κ1) is 16.1. The molecule has 5 heteroatoms. The van der Waals surface area contributed by atoms with Crippen LogP contribution in [-0.2, 0) is 0 Å². The lowest BCUT2D eigenvalue weighted by atomic mass is 9.96. The Morgan fingerprint density at radius 1 is 1.21 bits per heavy atom. The molecule has 0 bridgehead atoms. The Hall–Kier alpha value is -2.82. The van der Waals surface area contributed by atoms with Crippen molar-refractivity contribution in [3.05, 3.63) is 54.2 Å². The summed E-state index contributed by atoms with van der Waals surface area (Å²) >= 11 is 0. The number of fused-ring (bicyclic) bond motifs is 1. The molecule has 2 aromatic carbocycles. The molecule has 2 amide bonds. The van der Waals surface area contributed by atoms with Crippen molar-refractivity contribution in [2.75, 3.05) is 10.6 Å². The van der Waals surface area contributed by atoms with Gasteiger partial charge in [-0.15, -0.1) is 0 Å². The van der Waals surface area contributed by atoms with Crippen molar-refractivity contribution in [1.82, 2.24) is 10.2 Å². The van der Waals surface area contributed by atoms with E-state index in [1.807, 2.05) is 36.4 Å². The van der Waals surface area contributed by atoms with Gasteiger partial charge in [0.25, 0.3) is 0 Å². The van der Waals surface area contributed by atoms with Crippen molar-refractivity contribution in [1.29, 1.82) is 0 Å². The molecule has 3 aromatic rings. The Balaban J connectivity index is 1.71. The molecule has 0 aliphatic carbocycles. The quantitative estimate of drug-likeness (QED) is 0.611. The molecule has 0 radical (unpaired) electrons. The number of anilines is 2. The van der Waals surface area contributed by atoms with Crippen molar-refractivity contribution >= 4 is 28.3 Å². The third-order valence-corrected chi connectivity index (χ3v) is 4.17. The molecule has 124 valence electrons. The summed E-state index contributed by atoms with van der Waals surface area (Å²) in [6, 6.07) is 13.4. The highest BCUT2D eigenvalue weighted by atomic mass is 16.2. The number of urea groups is 1. The maximum atomic E-state index is 12.3. The summed E-state index contributed by atoms with van der Waals surface area (Å²) in [5.41, 5.74) is 3.66. The number of amides is 2. The third kappa shape index (κ3) is 3.56. The minimum Gasteiger partial charge on any atom is -0.308 e. The maximum Gasteiger partial charge on any atom is 0.323 e. The highest BCUT2D eigenvalue weighted by Crippen LogP contribution is 2.24. The first-order chi connectivity index (χ1) is 11.7. The zero-order chi connectivity index (χ0) is 16.9. The van der Waals surface area contributed by atoms with Gasteiger partial charge in [-0.25, -0.2) is 4.79 Å². The van der Waals surface area contributed by atoms with E-state index in [-0.39, 0.29) is 6.03 Å². The lowest BCUT2D eigenvalue weighted by Gasteiger charge is -2.13. The number of aromatic amines is 1. The molecule has 0 aliphatic rings. The van der Waals surface area contributed by atoms with Gasteiger partial charge in [-0.1, -0.05) is 38.5 Å². The van der Waals surface area contributed by atoms with Gasteiger partial charge in [0, 0.05) is 11.1 Å². The molecule has 0 saturated heterocycles. The largest absolute Gasteiger partial charge is 0.323 e. The van der Waals surface area contributed by atoms with Crippen LogP contribution in [0, 0.1) is 0 Å². The van der Waals surface area contributed by atoms with Crippen molar-refractivity contribution in [2.45, 2.75) is 32.6 Å². The molecule has 3 rings (SSSR count). The van der Waals surface area contributed by atoms with Crippen molar-refractivity contribution in [3.8, 4) is 0 Å². The maximum absolute atomic E-state index is 12.3. The molecule has 0 fully saturated rings. The average Bonchev–Trinajstić information content (AvgIpc) is 3.05. The number of rotatable bonds is 5. The first-order valence-corrected chi connectivity index (χ1v) is 8.27. The van der Waals surface area contributed by atoms with E-state index in [0.717, 1.165) is 35.1 Å². The molecule has 5 nitrogen and oxygen atoms in total. The van der Waals surface area contributed by atoms with Gasteiger partial charge in [0.15, 0.2) is 0 Å². The third-order valence-electron chi connectivity index (χ3n) is 4.17. The van der Waals surface area contributed by atoms with E-state index in [4.69, 9.17) is 0 Å². The average molecular weight is 322 g/mol. The van der Waals surface area contributed by atoms with Crippen LogP contribution in [0.2, 0.25) is 0 Å². The minimum atomic E-state index is -0.260. The van der Waals surface area contributed by atoms with Crippen molar-refractivity contribution in [3.63, 3.8) is 0 Å². The number of carbonyl (C=O) groups is 1. The molecular formula is C19H22N4O. The van der Waals surface area contributed by atoms with E-state index in [1.165, 1.54) is 5.56 Å². The Morgan fingerprint density at radius 2 is 2.04 bits per heavy atom. The fraction of sp³-hybridized carbons (Fsp3) is 0.263. The van der Waals surface area contributed by atoms with Gasteiger partial charge in [-0.2, -0.15) is 5.10 Å². The van der Waals surface area contributed by atoms with Gasteiger partial charge in [0.2, 0.25) is 0 Å². The zero-order valence-corrected chi connectivity index (χ0v) is 14.0. The summed E-state index contributed by atoms with van der Waals surface area (Å²) in [5, 5.41) is 13.6. The van der Waals surface area contributed by atoms with E-state index in [1.54, 1.807) is 6.20 Å². The van der Waals surface area contributed by atoms with Gasteiger partial charge >= 0.3 is 6.03 Å². The number of nitrogens with one attached hydrogen (secondary N) is 3. The summed E-state index contributed by atoms with van der Waals surface area (Å²) in [5.74, 6) is 0.486. The second kappa shape index (κ2) is 7.17. The first-order valence-electron chi connectivity index (χ1n) is 8.27. The van der Waals surface area contributed by atoms with Crippen LogP contribution in [0.15, 0.2) is 48.7 Å². The fourth-order valence-electron chi connectivity index (χ4n) is 2.88. The summed E-state index contributed by atoms with van der Waals surface area (Å²) < 4.78 is 0. The molecular weight excluding hydrogens is 300 g/mol. The normalized spacial score (nSPS) is 12.1. The molecule has 1 unspecified atom stereocenters. The van der Waals surface area contributed by atoms with Gasteiger partial charge in [-0.3, -0.25) is 5.10 Å². The number of benzene rings is 2. The number of H-pyrrole nitrogens is 1. The van der Waals surface area contributed by atoms with Crippen molar-refractivity contribution < 1.29 is 4.79 Å². The Bertz CT molecular complexity index is 840. The summed E-state index contributed by atoms with van der Waals surface area (Å²) in [4.78, 5) is 12.3. The molecule has 1 aromatic heterocycles. The SMILES string of the molecule is CCCC(C)c1cccc(NC(=O)Nc2cccc3[nH]ncc23)c1. The monoisotopic (exact) mass is 322 g/mol. The number of aromatic nitrogens is 2. The van der Waals surface area contributed by atoms with Gasteiger partial charge in [0.05, 0.1) is 17.4 Å². The van der Waals surface area contributed by atoms with Gasteiger partial charge in [0.1, 0.15) is 0 Å². The molecule has 3 N–H and O–H groups in total. The van der Waals surface area contributed by atoms with Crippen LogP contribution in [0.4, 0.5) is 16.2 Å². The van der Waals surface area contributed by atoms with Crippen molar-refractivity contribution in [2.24, 2.45) is 0 Å². The van der Waals surface area contributed by atoms with Crippen LogP contribution in [0.1, 0.15) is 38.2 Å². The fourth-order valence-corrected chi connectivity index (χ4v) is 2.88. The van der Waals surface area contributed by atoms with Crippen LogP contribution < -0.4 is 10.6 Å². The van der Waals surface area contributed by atoms with E-state index < -0.39 is 0 Å². The lowest BCUT2D eigenvalue weighted by Crippen LogP contribution is -2.19. The molecule has 0 spiro atoms. The van der Waals surface area contributed by atoms with E-state index >= 15 is 0 Å². The highest BCUT2D eigenvalue weighted by Gasteiger charge is 2.09. The smallest absolute Gasteiger partial charge is 0.308 e. The van der Waals surface area contributed by atoms with Crippen LogP contribution in [0.25, 0.3) is 10.9 Å². The second-order valence-corrected chi connectivity index (χ2v) is 6.03. The summed E-state index contributed by atoms with van der Waals surface area (Å²) in [7, 11) is 0. The summed E-state index contributed by atoms with van der Waals surface area (Å²) in [6.45, 7) is 4.39. The topological polar surface area (TPSA) is 69.8 Å². The molecule has 1 heterocycles.